The van der Waals surface area contributed by atoms with Crippen LogP contribution in [-0.2, 0) is 9.84 Å². The lowest BCUT2D eigenvalue weighted by molar-refractivity contribution is 0.0742. The Bertz CT molecular complexity index is 1190. The first-order chi connectivity index (χ1) is 14.0. The highest BCUT2D eigenvalue weighted by Crippen LogP contribution is 2.26. The molecule has 0 N–H and O–H groups in total. The maximum Gasteiger partial charge on any atom is 0.255 e. The van der Waals surface area contributed by atoms with Crippen LogP contribution >= 0.6 is 0 Å². The Morgan fingerprint density at radius 1 is 1.00 bits per heavy atom. The van der Waals surface area contributed by atoms with Gasteiger partial charge in [-0.15, -0.1) is 0 Å². The first-order valence-corrected chi connectivity index (χ1v) is 11.7. The molecule has 1 amide bonds. The summed E-state index contributed by atoms with van der Waals surface area (Å²) in [6.45, 7) is 7.95. The van der Waals surface area contributed by atoms with Gasteiger partial charge in [0.25, 0.3) is 5.91 Å². The van der Waals surface area contributed by atoms with Crippen LogP contribution in [0.3, 0.4) is 0 Å². The van der Waals surface area contributed by atoms with Gasteiger partial charge in [-0.05, 0) is 69.2 Å². The predicted molar refractivity (Wildman–Crippen MR) is 120 cm³/mol. The molecule has 1 aromatic heterocycles. The minimum absolute atomic E-state index is 0.0679. The number of nitrogens with zero attached hydrogens (tertiary/aromatic N) is 2. The number of aryl methyl sites for hydroxylation is 2. The van der Waals surface area contributed by atoms with E-state index in [1.807, 2.05) is 52.0 Å². The molecule has 0 radical (unpaired) electrons. The summed E-state index contributed by atoms with van der Waals surface area (Å²) in [4.78, 5) is 15.3. The average Bonchev–Trinajstić information content (AvgIpc) is 2.99. The van der Waals surface area contributed by atoms with Crippen LogP contribution < -0.4 is 0 Å². The topological polar surface area (TPSA) is 59.4 Å². The maximum absolute atomic E-state index is 13.3. The molecule has 0 aliphatic heterocycles. The molecule has 3 aromatic rings. The van der Waals surface area contributed by atoms with Crippen LogP contribution in [-0.4, -0.2) is 37.1 Å². The Labute approximate surface area is 178 Å². The lowest BCUT2D eigenvalue weighted by Crippen LogP contribution is -2.30. The minimum Gasteiger partial charge on any atom is -0.335 e. The zero-order chi connectivity index (χ0) is 22.2. The Kier molecular flexibility index (Phi) is 5.90. The van der Waals surface area contributed by atoms with E-state index in [1.54, 1.807) is 36.2 Å². The normalized spacial score (nSPS) is 12.6. The van der Waals surface area contributed by atoms with E-state index in [-0.39, 0.29) is 16.8 Å². The van der Waals surface area contributed by atoms with E-state index in [0.717, 1.165) is 28.2 Å². The van der Waals surface area contributed by atoms with Crippen molar-refractivity contribution in [3.05, 3.63) is 82.7 Å². The van der Waals surface area contributed by atoms with Gasteiger partial charge in [0.15, 0.2) is 9.84 Å². The van der Waals surface area contributed by atoms with Crippen LogP contribution in [0.25, 0.3) is 5.69 Å². The van der Waals surface area contributed by atoms with Crippen molar-refractivity contribution >= 4 is 15.7 Å². The minimum atomic E-state index is -3.25. The monoisotopic (exact) mass is 424 g/mol. The van der Waals surface area contributed by atoms with Crippen LogP contribution in [0.1, 0.15) is 45.8 Å². The highest BCUT2D eigenvalue weighted by Gasteiger charge is 2.24. The Balaban J connectivity index is 1.90. The lowest BCUT2D eigenvalue weighted by Gasteiger charge is -2.25. The van der Waals surface area contributed by atoms with E-state index in [4.69, 9.17) is 0 Å². The fourth-order valence-electron chi connectivity index (χ4n) is 3.73. The van der Waals surface area contributed by atoms with E-state index < -0.39 is 9.84 Å². The Hall–Kier alpha value is -2.86. The number of carbonyl (C=O) groups is 1. The van der Waals surface area contributed by atoms with Crippen molar-refractivity contribution in [2.75, 3.05) is 13.3 Å². The number of rotatable bonds is 5. The molecule has 0 fully saturated rings. The van der Waals surface area contributed by atoms with E-state index in [9.17, 15) is 13.2 Å². The molecular formula is C24H28N2O3S. The summed E-state index contributed by atoms with van der Waals surface area (Å²) in [6.07, 6.45) is 1.19. The highest BCUT2D eigenvalue weighted by atomic mass is 32.2. The van der Waals surface area contributed by atoms with Gasteiger partial charge in [0.1, 0.15) is 0 Å². The van der Waals surface area contributed by atoms with Crippen molar-refractivity contribution < 1.29 is 13.2 Å². The summed E-state index contributed by atoms with van der Waals surface area (Å²) in [5.41, 5.74) is 5.64. The third kappa shape index (κ3) is 4.19. The highest BCUT2D eigenvalue weighted by molar-refractivity contribution is 7.90. The summed E-state index contributed by atoms with van der Waals surface area (Å²) in [7, 11) is -1.47. The van der Waals surface area contributed by atoms with Gasteiger partial charge in [0, 0.05) is 30.4 Å². The first-order valence-electron chi connectivity index (χ1n) is 9.84. The summed E-state index contributed by atoms with van der Waals surface area (Å²) in [5, 5.41) is 0. The molecule has 1 heterocycles. The van der Waals surface area contributed by atoms with Crippen LogP contribution in [0.5, 0.6) is 0 Å². The molecule has 158 valence electrons. The molecule has 5 nitrogen and oxygen atoms in total. The van der Waals surface area contributed by atoms with E-state index in [1.165, 1.54) is 6.26 Å². The molecule has 2 aromatic carbocycles. The van der Waals surface area contributed by atoms with Crippen molar-refractivity contribution in [3.63, 3.8) is 0 Å². The van der Waals surface area contributed by atoms with Crippen molar-refractivity contribution in [3.8, 4) is 5.69 Å². The summed E-state index contributed by atoms with van der Waals surface area (Å²) in [5.74, 6) is -0.0679. The molecule has 0 aliphatic rings. The second-order valence-corrected chi connectivity index (χ2v) is 9.91. The molecule has 30 heavy (non-hydrogen) atoms. The quantitative estimate of drug-likeness (QED) is 0.600. The Morgan fingerprint density at radius 2 is 1.63 bits per heavy atom. The number of benzene rings is 2. The second kappa shape index (κ2) is 8.11. The van der Waals surface area contributed by atoms with Gasteiger partial charge in [0.05, 0.1) is 16.5 Å². The predicted octanol–water partition coefficient (Wildman–Crippen LogP) is 4.64. The summed E-state index contributed by atoms with van der Waals surface area (Å²) >= 11 is 0. The summed E-state index contributed by atoms with van der Waals surface area (Å²) in [6, 6.07) is 16.6. The standard InChI is InChI=1S/C24H28N2O3S/c1-16-8-7-9-21(14-16)26-17(2)15-23(19(26)4)24(27)25(5)18(3)20-10-12-22(13-11-20)30(6,28)29/h7-15,18H,1-6H3/t18-/m1/s1. The SMILES string of the molecule is Cc1cccc(-n2c(C)cc(C(=O)N(C)[C@H](C)c3ccc(S(C)(=O)=O)cc3)c2C)c1. The second-order valence-electron chi connectivity index (χ2n) is 7.89. The van der Waals surface area contributed by atoms with Gasteiger partial charge >= 0.3 is 0 Å². The molecule has 1 atom stereocenters. The zero-order valence-electron chi connectivity index (χ0n) is 18.3. The zero-order valence-corrected chi connectivity index (χ0v) is 19.1. The molecule has 0 unspecified atom stereocenters. The third-order valence-electron chi connectivity index (χ3n) is 5.61. The summed E-state index contributed by atoms with van der Waals surface area (Å²) < 4.78 is 25.5. The molecular weight excluding hydrogens is 396 g/mol. The Morgan fingerprint density at radius 3 is 2.20 bits per heavy atom. The van der Waals surface area contributed by atoms with Crippen LogP contribution in [0, 0.1) is 20.8 Å². The van der Waals surface area contributed by atoms with Crippen LogP contribution in [0.15, 0.2) is 59.5 Å². The average molecular weight is 425 g/mol. The van der Waals surface area contributed by atoms with E-state index >= 15 is 0 Å². The largest absolute Gasteiger partial charge is 0.335 e. The van der Waals surface area contributed by atoms with Gasteiger partial charge in [-0.2, -0.15) is 0 Å². The number of hydrogen-bond acceptors (Lipinski definition) is 3. The number of hydrogen-bond donors (Lipinski definition) is 0. The van der Waals surface area contributed by atoms with Crippen molar-refractivity contribution in [1.82, 2.24) is 9.47 Å². The van der Waals surface area contributed by atoms with Crippen molar-refractivity contribution in [1.29, 1.82) is 0 Å². The van der Waals surface area contributed by atoms with Gasteiger partial charge < -0.3 is 9.47 Å². The molecule has 0 saturated heterocycles. The molecule has 6 heteroatoms. The fourth-order valence-corrected chi connectivity index (χ4v) is 4.36. The van der Waals surface area contributed by atoms with E-state index in [0.29, 0.717) is 5.56 Å². The third-order valence-corrected chi connectivity index (χ3v) is 6.74. The molecule has 0 saturated carbocycles. The van der Waals surface area contributed by atoms with Crippen molar-refractivity contribution in [2.24, 2.45) is 0 Å². The number of amides is 1. The van der Waals surface area contributed by atoms with Gasteiger partial charge in [-0.25, -0.2) is 8.42 Å². The number of aromatic nitrogens is 1. The molecule has 0 aliphatic carbocycles. The van der Waals surface area contributed by atoms with Gasteiger partial charge in [0.2, 0.25) is 0 Å². The van der Waals surface area contributed by atoms with E-state index in [2.05, 4.69) is 10.6 Å². The molecule has 3 rings (SSSR count). The number of sulfone groups is 1. The van der Waals surface area contributed by atoms with Gasteiger partial charge in [-0.3, -0.25) is 4.79 Å². The van der Waals surface area contributed by atoms with Crippen molar-refractivity contribution in [2.45, 2.75) is 38.6 Å². The number of carbonyl (C=O) groups excluding carboxylic acids is 1. The molecule has 0 spiro atoms. The molecule has 0 bridgehead atoms. The van der Waals surface area contributed by atoms with Crippen LogP contribution in [0.4, 0.5) is 0 Å². The van der Waals surface area contributed by atoms with Crippen LogP contribution in [0.2, 0.25) is 0 Å². The smallest absolute Gasteiger partial charge is 0.255 e. The lowest BCUT2D eigenvalue weighted by atomic mass is 10.1. The maximum atomic E-state index is 13.3. The van der Waals surface area contributed by atoms with Gasteiger partial charge in [-0.1, -0.05) is 24.3 Å². The fraction of sp³-hybridized carbons (Fsp3) is 0.292. The first kappa shape index (κ1) is 21.8.